The van der Waals surface area contributed by atoms with Crippen molar-refractivity contribution in [2.75, 3.05) is 0 Å². The molecule has 1 N–H and O–H groups in total. The van der Waals surface area contributed by atoms with Crippen molar-refractivity contribution in [3.05, 3.63) is 223 Å². The van der Waals surface area contributed by atoms with Crippen LogP contribution in [-0.4, -0.2) is 15.7 Å². The number of hydrogen-bond acceptors (Lipinski definition) is 5. The Morgan fingerprint density at radius 1 is 0.541 bits per heavy atom. The number of fused-ring (bicyclic) bond motifs is 3. The van der Waals surface area contributed by atoms with Gasteiger partial charge in [-0.2, -0.15) is 0 Å². The van der Waals surface area contributed by atoms with Gasteiger partial charge in [0.05, 0.1) is 17.1 Å². The number of allylic oxidation sites excluding steroid dienone is 5. The fourth-order valence-electron chi connectivity index (χ4n) is 8.55. The molecule has 0 spiro atoms. The lowest BCUT2D eigenvalue weighted by atomic mass is 9.89. The van der Waals surface area contributed by atoms with Crippen molar-refractivity contribution in [3.8, 4) is 56.2 Å². The van der Waals surface area contributed by atoms with Gasteiger partial charge in [-0.05, 0) is 76.1 Å². The van der Waals surface area contributed by atoms with Crippen LogP contribution in [0.25, 0.3) is 82.0 Å². The molecule has 0 amide bonds. The van der Waals surface area contributed by atoms with Gasteiger partial charge in [-0.3, -0.25) is 4.99 Å². The highest BCUT2D eigenvalue weighted by Gasteiger charge is 2.22. The van der Waals surface area contributed by atoms with E-state index in [0.717, 1.165) is 74.6 Å². The van der Waals surface area contributed by atoms with Crippen LogP contribution in [0.3, 0.4) is 0 Å². The van der Waals surface area contributed by atoms with Crippen molar-refractivity contribution in [3.63, 3.8) is 0 Å². The van der Waals surface area contributed by atoms with Crippen LogP contribution >= 0.6 is 11.3 Å². The highest BCUT2D eigenvalue weighted by atomic mass is 32.1. The zero-order valence-electron chi connectivity index (χ0n) is 33.4. The van der Waals surface area contributed by atoms with E-state index in [1.807, 2.05) is 35.6 Å². The molecule has 2 aliphatic rings. The number of aromatic nitrogens is 2. The van der Waals surface area contributed by atoms with Crippen LogP contribution in [-0.2, 0) is 0 Å². The topological polar surface area (TPSA) is 50.2 Å². The van der Waals surface area contributed by atoms with Gasteiger partial charge >= 0.3 is 0 Å². The Bertz CT molecular complexity index is 3120. The first-order valence-electron chi connectivity index (χ1n) is 20.8. The molecule has 1 aliphatic heterocycles. The Morgan fingerprint density at radius 3 is 1.87 bits per heavy atom. The summed E-state index contributed by atoms with van der Waals surface area (Å²) in [6.45, 7) is 0. The lowest BCUT2D eigenvalue weighted by Gasteiger charge is -2.26. The molecule has 1 atom stereocenters. The van der Waals surface area contributed by atoms with E-state index in [1.165, 1.54) is 36.9 Å². The van der Waals surface area contributed by atoms with Crippen molar-refractivity contribution < 1.29 is 0 Å². The molecule has 4 nitrogen and oxygen atoms in total. The van der Waals surface area contributed by atoms with Crippen LogP contribution in [0.2, 0.25) is 0 Å². The molecule has 3 heterocycles. The number of hydrogen-bond donors (Lipinski definition) is 1. The maximum absolute atomic E-state index is 5.28. The van der Waals surface area contributed by atoms with E-state index in [1.54, 1.807) is 0 Å². The van der Waals surface area contributed by atoms with Crippen molar-refractivity contribution in [1.29, 1.82) is 0 Å². The molecule has 290 valence electrons. The van der Waals surface area contributed by atoms with E-state index in [9.17, 15) is 0 Å². The molecule has 2 aromatic heterocycles. The molecule has 0 saturated heterocycles. The highest BCUT2D eigenvalue weighted by molar-refractivity contribution is 7.26. The van der Waals surface area contributed by atoms with Gasteiger partial charge in [-0.15, -0.1) is 11.3 Å². The minimum absolute atomic E-state index is 0.210. The quantitative estimate of drug-likeness (QED) is 0.167. The third-order valence-corrected chi connectivity index (χ3v) is 12.8. The molecule has 1 aliphatic carbocycles. The zero-order valence-corrected chi connectivity index (χ0v) is 34.2. The summed E-state index contributed by atoms with van der Waals surface area (Å²) in [5.41, 5.74) is 15.3. The first-order chi connectivity index (χ1) is 30.2. The van der Waals surface area contributed by atoms with Gasteiger partial charge in [0.25, 0.3) is 0 Å². The maximum atomic E-state index is 5.28. The van der Waals surface area contributed by atoms with Crippen molar-refractivity contribution in [2.45, 2.75) is 19.0 Å². The van der Waals surface area contributed by atoms with E-state index < -0.39 is 0 Å². The number of aliphatic imine (C=N–C) groups is 1. The normalized spacial score (nSPS) is 15.0. The van der Waals surface area contributed by atoms with E-state index in [0.29, 0.717) is 5.82 Å². The van der Waals surface area contributed by atoms with Gasteiger partial charge in [0, 0.05) is 42.6 Å². The summed E-state index contributed by atoms with van der Waals surface area (Å²) in [5, 5.41) is 6.31. The first kappa shape index (κ1) is 36.6. The van der Waals surface area contributed by atoms with Crippen molar-refractivity contribution >= 4 is 42.9 Å². The number of thiophene rings is 1. The molecule has 0 fully saturated rings. The molecular weight excluding hydrogens is 761 g/mol. The third-order valence-electron chi connectivity index (χ3n) is 11.6. The Balaban J connectivity index is 0.994. The Hall–Kier alpha value is -7.47. The molecule has 11 rings (SSSR count). The number of benzene rings is 7. The summed E-state index contributed by atoms with van der Waals surface area (Å²) in [5.74, 6) is 0.710. The fraction of sp³-hybridized carbons (Fsp3) is 0.0536. The Labute approximate surface area is 359 Å². The Kier molecular flexibility index (Phi) is 9.57. The SMILES string of the molecule is C1=CCCC(C2=NC(c3ccc(-c4ccc5sc6ccccc6c5c4-c4ccc(-c5cc(-c6ccccc6)nc(-c6ccccc6)n5)cc4)cc3)NC(c3ccccc3)=C2)=C1. The second-order valence-corrected chi connectivity index (χ2v) is 16.6. The predicted molar refractivity (Wildman–Crippen MR) is 256 cm³/mol. The average Bonchev–Trinajstić information content (AvgIpc) is 3.73. The van der Waals surface area contributed by atoms with Gasteiger partial charge < -0.3 is 5.32 Å². The minimum atomic E-state index is -0.210. The molecule has 0 bridgehead atoms. The Morgan fingerprint density at radius 2 is 1.16 bits per heavy atom. The van der Waals surface area contributed by atoms with Crippen LogP contribution in [0.5, 0.6) is 0 Å². The standard InChI is InChI=1S/C56H40N4S/c1-5-15-38(16-6-1)47-35-48(39-17-7-2-8-18-39)59-56(58-47)44-31-25-37(26-32-44)45-33-34-52-54(46-23-13-14-24-51(46)61-52)53(45)42-29-27-41(28-30-42)50-36-49(40-19-9-3-10-20-40)57-55(60-50)43-21-11-4-12-22-43/h1-7,9-17,19-36,56,58H,8,18H2. The largest absolute Gasteiger partial charge is 0.360 e. The van der Waals surface area contributed by atoms with Crippen LogP contribution < -0.4 is 5.32 Å². The number of rotatable bonds is 8. The fourth-order valence-corrected chi connectivity index (χ4v) is 9.66. The smallest absolute Gasteiger partial charge is 0.160 e. The number of nitrogens with zero attached hydrogens (tertiary/aromatic N) is 3. The van der Waals surface area contributed by atoms with E-state index >= 15 is 0 Å². The summed E-state index contributed by atoms with van der Waals surface area (Å²) >= 11 is 1.85. The second kappa shape index (κ2) is 15.9. The zero-order chi connectivity index (χ0) is 40.5. The van der Waals surface area contributed by atoms with Crippen molar-refractivity contribution in [1.82, 2.24) is 15.3 Å². The van der Waals surface area contributed by atoms with E-state index in [4.69, 9.17) is 15.0 Å². The van der Waals surface area contributed by atoms with Crippen LogP contribution in [0.4, 0.5) is 0 Å². The molecule has 7 aromatic carbocycles. The molecule has 61 heavy (non-hydrogen) atoms. The third kappa shape index (κ3) is 7.20. The molecule has 0 radical (unpaired) electrons. The van der Waals surface area contributed by atoms with Crippen LogP contribution in [0, 0.1) is 0 Å². The van der Waals surface area contributed by atoms with Gasteiger partial charge in [0.15, 0.2) is 5.82 Å². The summed E-state index contributed by atoms with van der Waals surface area (Å²) in [6, 6.07) is 64.6. The molecule has 0 saturated carbocycles. The lowest BCUT2D eigenvalue weighted by Crippen LogP contribution is -2.25. The predicted octanol–water partition coefficient (Wildman–Crippen LogP) is 14.5. The van der Waals surface area contributed by atoms with E-state index in [-0.39, 0.29) is 6.17 Å². The van der Waals surface area contributed by atoms with E-state index in [2.05, 4.69) is 187 Å². The van der Waals surface area contributed by atoms with Crippen LogP contribution in [0.15, 0.2) is 217 Å². The summed E-state index contributed by atoms with van der Waals surface area (Å²) in [4.78, 5) is 15.4. The molecular formula is C56H40N4S. The lowest BCUT2D eigenvalue weighted by molar-refractivity contribution is 0.663. The minimum Gasteiger partial charge on any atom is -0.360 e. The average molecular weight is 801 g/mol. The van der Waals surface area contributed by atoms with Gasteiger partial charge in [0.1, 0.15) is 6.17 Å². The second-order valence-electron chi connectivity index (χ2n) is 15.5. The summed E-state index contributed by atoms with van der Waals surface area (Å²) in [7, 11) is 0. The van der Waals surface area contributed by atoms with Crippen molar-refractivity contribution in [2.24, 2.45) is 4.99 Å². The maximum Gasteiger partial charge on any atom is 0.160 e. The first-order valence-corrected chi connectivity index (χ1v) is 21.7. The molecule has 9 aromatic rings. The monoisotopic (exact) mass is 800 g/mol. The van der Waals surface area contributed by atoms with Gasteiger partial charge in [0.2, 0.25) is 0 Å². The highest BCUT2D eigenvalue weighted by Crippen LogP contribution is 2.45. The van der Waals surface area contributed by atoms with Crippen LogP contribution in [0.1, 0.15) is 30.1 Å². The summed E-state index contributed by atoms with van der Waals surface area (Å²) < 4.78 is 2.56. The summed E-state index contributed by atoms with van der Waals surface area (Å²) in [6.07, 6.45) is 10.6. The molecule has 5 heteroatoms. The molecule has 1 unspecified atom stereocenters. The number of nitrogens with one attached hydrogen (secondary N) is 1. The van der Waals surface area contributed by atoms with Gasteiger partial charge in [-0.25, -0.2) is 9.97 Å². The van der Waals surface area contributed by atoms with Gasteiger partial charge in [-0.1, -0.05) is 182 Å².